The molecule has 0 spiro atoms. The summed E-state index contributed by atoms with van der Waals surface area (Å²) in [5, 5.41) is 3.07. The molecule has 1 aliphatic heterocycles. The second kappa shape index (κ2) is 1.66. The molecule has 0 radical (unpaired) electrons. The van der Waals surface area contributed by atoms with Crippen molar-refractivity contribution in [3.63, 3.8) is 0 Å². The van der Waals surface area contributed by atoms with Crippen molar-refractivity contribution in [2.45, 2.75) is 6.43 Å². The van der Waals surface area contributed by atoms with Crippen LogP contribution in [-0.2, 0) is 0 Å². The van der Waals surface area contributed by atoms with Crippen LogP contribution in [-0.4, -0.2) is 19.5 Å². The van der Waals surface area contributed by atoms with Crippen LogP contribution in [0.2, 0.25) is 0 Å². The first-order valence-electron chi connectivity index (χ1n) is 3.29. The van der Waals surface area contributed by atoms with E-state index in [2.05, 4.69) is 5.32 Å². The van der Waals surface area contributed by atoms with Gasteiger partial charge >= 0.3 is 0 Å². The monoisotopic (exact) mass is 133 g/mol. The van der Waals surface area contributed by atoms with E-state index >= 15 is 0 Å². The highest BCUT2D eigenvalue weighted by molar-refractivity contribution is 5.04. The molecule has 0 aromatic rings. The van der Waals surface area contributed by atoms with Gasteiger partial charge in [-0.2, -0.15) is 0 Å². The Kier molecular flexibility index (Phi) is 1.03. The van der Waals surface area contributed by atoms with Gasteiger partial charge in [0.05, 0.1) is 0 Å². The number of nitrogens with one attached hydrogen (secondary N) is 1. The van der Waals surface area contributed by atoms with E-state index in [1.807, 2.05) is 0 Å². The van der Waals surface area contributed by atoms with Gasteiger partial charge in [-0.05, 0) is 24.9 Å². The van der Waals surface area contributed by atoms with Gasteiger partial charge in [-0.15, -0.1) is 0 Å². The van der Waals surface area contributed by atoms with Crippen molar-refractivity contribution in [3.8, 4) is 0 Å². The molecule has 9 heavy (non-hydrogen) atoms. The highest BCUT2D eigenvalue weighted by atomic mass is 19.3. The normalized spacial score (nSPS) is 47.7. The van der Waals surface area contributed by atoms with Crippen molar-refractivity contribution in [1.29, 1.82) is 0 Å². The number of piperidine rings is 1. The average molecular weight is 133 g/mol. The molecule has 3 heteroatoms. The zero-order valence-electron chi connectivity index (χ0n) is 4.98. The fourth-order valence-electron chi connectivity index (χ4n) is 1.84. The quantitative estimate of drug-likeness (QED) is 0.555. The molecule has 0 aromatic heterocycles. The van der Waals surface area contributed by atoms with Crippen LogP contribution in [0, 0.1) is 17.8 Å². The van der Waals surface area contributed by atoms with Gasteiger partial charge in [0, 0.05) is 5.92 Å². The molecule has 2 aliphatic rings. The lowest BCUT2D eigenvalue weighted by Crippen LogP contribution is -2.17. The number of rotatable bonds is 1. The van der Waals surface area contributed by atoms with Gasteiger partial charge in [-0.25, -0.2) is 8.78 Å². The van der Waals surface area contributed by atoms with Crippen molar-refractivity contribution in [1.82, 2.24) is 5.32 Å². The first-order valence-corrected chi connectivity index (χ1v) is 3.29. The van der Waals surface area contributed by atoms with Crippen molar-refractivity contribution in [3.05, 3.63) is 0 Å². The molecule has 1 heterocycles. The maximum Gasteiger partial charge on any atom is 0.242 e. The van der Waals surface area contributed by atoms with Crippen LogP contribution in [0.25, 0.3) is 0 Å². The Morgan fingerprint density at radius 3 is 2.11 bits per heavy atom. The third-order valence-corrected chi connectivity index (χ3v) is 2.45. The summed E-state index contributed by atoms with van der Waals surface area (Å²) in [6.45, 7) is 1.64. The van der Waals surface area contributed by atoms with Gasteiger partial charge in [-0.1, -0.05) is 0 Å². The Balaban J connectivity index is 1.94. The molecule has 2 atom stereocenters. The Hall–Kier alpha value is -0.180. The summed E-state index contributed by atoms with van der Waals surface area (Å²) in [5.41, 5.74) is 0. The Morgan fingerprint density at radius 1 is 1.22 bits per heavy atom. The van der Waals surface area contributed by atoms with Crippen LogP contribution < -0.4 is 5.32 Å². The summed E-state index contributed by atoms with van der Waals surface area (Å²) in [4.78, 5) is 0. The third kappa shape index (κ3) is 0.674. The second-order valence-corrected chi connectivity index (χ2v) is 2.90. The average Bonchev–Trinajstić information content (AvgIpc) is 2.30. The van der Waals surface area contributed by atoms with Crippen LogP contribution >= 0.6 is 0 Å². The molecule has 2 fully saturated rings. The Bertz CT molecular complexity index is 116. The minimum atomic E-state index is -2.07. The molecule has 0 amide bonds. The largest absolute Gasteiger partial charge is 0.316 e. The van der Waals surface area contributed by atoms with E-state index in [1.165, 1.54) is 0 Å². The summed E-state index contributed by atoms with van der Waals surface area (Å²) < 4.78 is 23.8. The number of hydrogen-bond acceptors (Lipinski definition) is 1. The lowest BCUT2D eigenvalue weighted by atomic mass is 10.3. The molecule has 1 saturated carbocycles. The minimum Gasteiger partial charge on any atom is -0.316 e. The molecule has 1 nitrogen and oxygen atoms in total. The molecule has 52 valence electrons. The van der Waals surface area contributed by atoms with Gasteiger partial charge in [0.15, 0.2) is 0 Å². The standard InChI is InChI=1S/C6H9F2N/c7-6(8)5-3-1-9-2-4(3)5/h3-6,9H,1-2H2. The number of hydrogen-bond donors (Lipinski definition) is 1. The van der Waals surface area contributed by atoms with Crippen molar-refractivity contribution < 1.29 is 8.78 Å². The maximum absolute atomic E-state index is 11.9. The molecule has 2 unspecified atom stereocenters. The lowest BCUT2D eigenvalue weighted by Gasteiger charge is -2.00. The summed E-state index contributed by atoms with van der Waals surface area (Å²) in [7, 11) is 0. The van der Waals surface area contributed by atoms with Crippen molar-refractivity contribution >= 4 is 0 Å². The molecule has 0 aromatic carbocycles. The predicted octanol–water partition coefficient (Wildman–Crippen LogP) is 0.717. The van der Waals surface area contributed by atoms with Crippen LogP contribution in [0.15, 0.2) is 0 Å². The van der Waals surface area contributed by atoms with Gasteiger partial charge in [0.2, 0.25) is 6.43 Å². The number of halogens is 2. The van der Waals surface area contributed by atoms with Gasteiger partial charge in [0.25, 0.3) is 0 Å². The van der Waals surface area contributed by atoms with E-state index in [9.17, 15) is 8.78 Å². The predicted molar refractivity (Wildman–Crippen MR) is 29.3 cm³/mol. The van der Waals surface area contributed by atoms with Gasteiger partial charge in [0.1, 0.15) is 0 Å². The zero-order chi connectivity index (χ0) is 6.43. The molecule has 1 aliphatic carbocycles. The topological polar surface area (TPSA) is 12.0 Å². The maximum atomic E-state index is 11.9. The summed E-state index contributed by atoms with van der Waals surface area (Å²) >= 11 is 0. The summed E-state index contributed by atoms with van der Waals surface area (Å²) in [6.07, 6.45) is -2.07. The summed E-state index contributed by atoms with van der Waals surface area (Å²) in [6, 6.07) is 0. The molecular formula is C6H9F2N. The van der Waals surface area contributed by atoms with E-state index in [1.54, 1.807) is 0 Å². The van der Waals surface area contributed by atoms with Crippen LogP contribution in [0.4, 0.5) is 8.78 Å². The smallest absolute Gasteiger partial charge is 0.242 e. The van der Waals surface area contributed by atoms with E-state index in [0.717, 1.165) is 13.1 Å². The van der Waals surface area contributed by atoms with Crippen LogP contribution in [0.3, 0.4) is 0 Å². The zero-order valence-corrected chi connectivity index (χ0v) is 4.98. The molecule has 2 rings (SSSR count). The Morgan fingerprint density at radius 2 is 1.78 bits per heavy atom. The SMILES string of the molecule is FC(F)C1C2CNCC21. The van der Waals surface area contributed by atoms with E-state index in [-0.39, 0.29) is 5.92 Å². The van der Waals surface area contributed by atoms with Crippen LogP contribution in [0.5, 0.6) is 0 Å². The highest BCUT2D eigenvalue weighted by Crippen LogP contribution is 2.51. The molecule has 0 bridgehead atoms. The first kappa shape index (κ1) is 5.59. The van der Waals surface area contributed by atoms with Crippen molar-refractivity contribution in [2.75, 3.05) is 13.1 Å². The van der Waals surface area contributed by atoms with E-state index in [0.29, 0.717) is 11.8 Å². The van der Waals surface area contributed by atoms with Gasteiger partial charge in [-0.3, -0.25) is 0 Å². The number of fused-ring (bicyclic) bond motifs is 1. The van der Waals surface area contributed by atoms with Crippen LogP contribution in [0.1, 0.15) is 0 Å². The van der Waals surface area contributed by atoms with Gasteiger partial charge < -0.3 is 5.32 Å². The lowest BCUT2D eigenvalue weighted by molar-refractivity contribution is 0.108. The van der Waals surface area contributed by atoms with E-state index in [4.69, 9.17) is 0 Å². The third-order valence-electron chi connectivity index (χ3n) is 2.45. The molecule has 1 saturated heterocycles. The first-order chi connectivity index (χ1) is 4.30. The highest BCUT2D eigenvalue weighted by Gasteiger charge is 2.57. The molecule has 1 N–H and O–H groups in total. The van der Waals surface area contributed by atoms with E-state index < -0.39 is 6.43 Å². The minimum absolute atomic E-state index is 0.258. The fraction of sp³-hybridized carbons (Fsp3) is 1.00. The fourth-order valence-corrected chi connectivity index (χ4v) is 1.84. The Labute approximate surface area is 52.4 Å². The summed E-state index contributed by atoms with van der Waals surface area (Å²) in [5.74, 6) is 0.362. The second-order valence-electron chi connectivity index (χ2n) is 2.90. The molecular weight excluding hydrogens is 124 g/mol. The number of alkyl halides is 2. The van der Waals surface area contributed by atoms with Crippen molar-refractivity contribution in [2.24, 2.45) is 17.8 Å².